The maximum Gasteiger partial charge on any atom is 0.191 e. The molecule has 1 aliphatic heterocycles. The molecule has 0 radical (unpaired) electrons. The minimum absolute atomic E-state index is 0. The van der Waals surface area contributed by atoms with Crippen LogP contribution < -0.4 is 10.6 Å². The summed E-state index contributed by atoms with van der Waals surface area (Å²) in [6, 6.07) is 6.52. The van der Waals surface area contributed by atoms with Gasteiger partial charge in [0.1, 0.15) is 5.82 Å². The summed E-state index contributed by atoms with van der Waals surface area (Å²) in [5, 5.41) is 6.66. The molecule has 26 heavy (non-hydrogen) atoms. The Morgan fingerprint density at radius 2 is 1.85 bits per heavy atom. The van der Waals surface area contributed by atoms with Gasteiger partial charge in [-0.3, -0.25) is 0 Å². The van der Waals surface area contributed by atoms with Gasteiger partial charge < -0.3 is 15.5 Å². The monoisotopic (exact) mass is 476 g/mol. The number of nitrogens with one attached hydrogen (secondary N) is 2. The van der Waals surface area contributed by atoms with Crippen molar-refractivity contribution in [2.45, 2.75) is 46.1 Å². The van der Waals surface area contributed by atoms with E-state index in [0.29, 0.717) is 6.54 Å². The van der Waals surface area contributed by atoms with E-state index in [0.717, 1.165) is 37.0 Å². The van der Waals surface area contributed by atoms with Gasteiger partial charge in [0.05, 0.1) is 6.54 Å². The third-order valence-corrected chi connectivity index (χ3v) is 4.75. The highest BCUT2D eigenvalue weighted by Crippen LogP contribution is 2.16. The van der Waals surface area contributed by atoms with E-state index < -0.39 is 0 Å². The Bertz CT molecular complexity index is 513. The molecule has 0 aliphatic carbocycles. The summed E-state index contributed by atoms with van der Waals surface area (Å²) in [5.74, 6) is 1.53. The van der Waals surface area contributed by atoms with Crippen LogP contribution >= 0.6 is 24.0 Å². The molecule has 0 saturated carbocycles. The molecule has 1 saturated heterocycles. The van der Waals surface area contributed by atoms with Crippen molar-refractivity contribution in [3.63, 3.8) is 0 Å². The van der Waals surface area contributed by atoms with Crippen LogP contribution in [0.3, 0.4) is 0 Å². The number of aliphatic imine (C=N–C) groups is 1. The fraction of sp³-hybridized carbons (Fsp3) is 0.650. The van der Waals surface area contributed by atoms with E-state index in [4.69, 9.17) is 0 Å². The van der Waals surface area contributed by atoms with Gasteiger partial charge in [0, 0.05) is 13.1 Å². The number of likely N-dealkylation sites (tertiary alicyclic amines) is 1. The first-order chi connectivity index (χ1) is 12.2. The van der Waals surface area contributed by atoms with Crippen molar-refractivity contribution in [3.8, 4) is 0 Å². The van der Waals surface area contributed by atoms with Crippen LogP contribution in [0.1, 0.15) is 45.1 Å². The molecule has 1 fully saturated rings. The molecule has 2 N–H and O–H groups in total. The van der Waals surface area contributed by atoms with Gasteiger partial charge in [-0.25, -0.2) is 9.38 Å². The van der Waals surface area contributed by atoms with Crippen LogP contribution in [-0.2, 0) is 6.54 Å². The molecule has 0 unspecified atom stereocenters. The number of piperidine rings is 1. The average Bonchev–Trinajstić information content (AvgIpc) is 2.62. The number of unbranched alkanes of at least 4 members (excludes halogenated alkanes) is 1. The number of rotatable bonds is 8. The van der Waals surface area contributed by atoms with Gasteiger partial charge in [-0.2, -0.15) is 0 Å². The Labute approximate surface area is 175 Å². The third kappa shape index (κ3) is 9.16. The third-order valence-electron chi connectivity index (χ3n) is 4.75. The number of nitrogens with zero attached hydrogens (tertiary/aromatic N) is 2. The highest BCUT2D eigenvalue weighted by atomic mass is 127. The zero-order valence-corrected chi connectivity index (χ0v) is 18.5. The quantitative estimate of drug-likeness (QED) is 0.258. The summed E-state index contributed by atoms with van der Waals surface area (Å²) in [7, 11) is 0. The van der Waals surface area contributed by atoms with Crippen molar-refractivity contribution in [1.82, 2.24) is 15.5 Å². The average molecular weight is 476 g/mol. The van der Waals surface area contributed by atoms with E-state index in [1.807, 2.05) is 0 Å². The van der Waals surface area contributed by atoms with Crippen LogP contribution in [0.4, 0.5) is 4.39 Å². The minimum atomic E-state index is -0.207. The maximum absolute atomic E-state index is 12.9. The summed E-state index contributed by atoms with van der Waals surface area (Å²) in [6.45, 7) is 10.5. The fourth-order valence-corrected chi connectivity index (χ4v) is 3.05. The Kier molecular flexibility index (Phi) is 11.8. The number of guanidine groups is 1. The molecular formula is C20H34FIN4. The molecule has 4 nitrogen and oxygen atoms in total. The number of benzene rings is 1. The molecular weight excluding hydrogens is 442 g/mol. The lowest BCUT2D eigenvalue weighted by atomic mass is 9.99. The van der Waals surface area contributed by atoms with Gasteiger partial charge in [-0.05, 0) is 75.9 Å². The van der Waals surface area contributed by atoms with E-state index in [9.17, 15) is 4.39 Å². The summed E-state index contributed by atoms with van der Waals surface area (Å²) < 4.78 is 12.9. The Hall–Kier alpha value is -0.890. The van der Waals surface area contributed by atoms with Crippen LogP contribution in [0, 0.1) is 11.7 Å². The fourth-order valence-electron chi connectivity index (χ4n) is 3.05. The second-order valence-corrected chi connectivity index (χ2v) is 6.98. The Balaban J connectivity index is 0.00000338. The van der Waals surface area contributed by atoms with Gasteiger partial charge in [-0.1, -0.05) is 19.1 Å². The lowest BCUT2D eigenvalue weighted by Crippen LogP contribution is -2.38. The second kappa shape index (κ2) is 13.3. The molecule has 1 heterocycles. The molecule has 1 aromatic rings. The molecule has 0 amide bonds. The molecule has 0 aromatic heterocycles. The molecule has 2 rings (SSSR count). The van der Waals surface area contributed by atoms with Crippen molar-refractivity contribution in [2.24, 2.45) is 10.9 Å². The minimum Gasteiger partial charge on any atom is -0.357 e. The van der Waals surface area contributed by atoms with Crippen molar-refractivity contribution >= 4 is 29.9 Å². The largest absolute Gasteiger partial charge is 0.357 e. The zero-order valence-electron chi connectivity index (χ0n) is 16.1. The van der Waals surface area contributed by atoms with Crippen molar-refractivity contribution < 1.29 is 4.39 Å². The van der Waals surface area contributed by atoms with Crippen molar-refractivity contribution in [1.29, 1.82) is 0 Å². The van der Waals surface area contributed by atoms with Crippen molar-refractivity contribution in [2.75, 3.05) is 32.7 Å². The predicted molar refractivity (Wildman–Crippen MR) is 119 cm³/mol. The highest BCUT2D eigenvalue weighted by Gasteiger charge is 2.14. The summed E-state index contributed by atoms with van der Waals surface area (Å²) in [4.78, 5) is 7.16. The van der Waals surface area contributed by atoms with Crippen LogP contribution in [0.25, 0.3) is 0 Å². The molecule has 0 atom stereocenters. The summed E-state index contributed by atoms with van der Waals surface area (Å²) in [6.07, 6.45) is 5.06. The van der Waals surface area contributed by atoms with Crippen LogP contribution in [0.15, 0.2) is 29.3 Å². The van der Waals surface area contributed by atoms with E-state index >= 15 is 0 Å². The number of hydrogen-bond acceptors (Lipinski definition) is 2. The van der Waals surface area contributed by atoms with E-state index in [1.54, 1.807) is 12.1 Å². The van der Waals surface area contributed by atoms with Gasteiger partial charge in [-0.15, -0.1) is 24.0 Å². The smallest absolute Gasteiger partial charge is 0.191 e. The Morgan fingerprint density at radius 1 is 1.15 bits per heavy atom. The molecule has 6 heteroatoms. The topological polar surface area (TPSA) is 39.7 Å². The highest BCUT2D eigenvalue weighted by molar-refractivity contribution is 14.0. The molecule has 1 aromatic carbocycles. The lowest BCUT2D eigenvalue weighted by molar-refractivity contribution is 0.189. The van der Waals surface area contributed by atoms with E-state index in [-0.39, 0.29) is 29.8 Å². The molecule has 0 spiro atoms. The van der Waals surface area contributed by atoms with Crippen molar-refractivity contribution in [3.05, 3.63) is 35.6 Å². The molecule has 1 aliphatic rings. The Morgan fingerprint density at radius 3 is 2.50 bits per heavy atom. The van der Waals surface area contributed by atoms with Crippen LogP contribution in [-0.4, -0.2) is 43.6 Å². The van der Waals surface area contributed by atoms with Gasteiger partial charge in [0.25, 0.3) is 0 Å². The van der Waals surface area contributed by atoms with Gasteiger partial charge in [0.15, 0.2) is 5.96 Å². The molecule has 148 valence electrons. The second-order valence-electron chi connectivity index (χ2n) is 6.98. The zero-order chi connectivity index (χ0) is 17.9. The number of halogens is 2. The summed E-state index contributed by atoms with van der Waals surface area (Å²) >= 11 is 0. The standard InChI is InChI=1S/C20H33FN4.HI/c1-3-22-20(24-16-18-6-8-19(21)9-7-18)23-12-4-5-13-25-14-10-17(2)11-15-25;/h6-9,17H,3-5,10-16H2,1-2H3,(H2,22,23,24);1H. The number of hydrogen-bond donors (Lipinski definition) is 2. The van der Waals surface area contributed by atoms with Crippen LogP contribution in [0.2, 0.25) is 0 Å². The van der Waals surface area contributed by atoms with E-state index in [1.165, 1.54) is 51.0 Å². The first-order valence-corrected chi connectivity index (χ1v) is 9.66. The van der Waals surface area contributed by atoms with Gasteiger partial charge in [0.2, 0.25) is 0 Å². The first kappa shape index (κ1) is 23.1. The SMILES string of the molecule is CCNC(=NCc1ccc(F)cc1)NCCCCN1CCC(C)CC1.I. The van der Waals surface area contributed by atoms with Gasteiger partial charge >= 0.3 is 0 Å². The van der Waals surface area contributed by atoms with E-state index in [2.05, 4.69) is 34.4 Å². The maximum atomic E-state index is 12.9. The van der Waals surface area contributed by atoms with Crippen LogP contribution in [0.5, 0.6) is 0 Å². The first-order valence-electron chi connectivity index (χ1n) is 9.66. The lowest BCUT2D eigenvalue weighted by Gasteiger charge is -2.30. The predicted octanol–water partition coefficient (Wildman–Crippen LogP) is 4.01. The normalized spacial score (nSPS) is 16.2. The summed E-state index contributed by atoms with van der Waals surface area (Å²) in [5.41, 5.74) is 1.01. The molecule has 0 bridgehead atoms.